The maximum atomic E-state index is 13.3. The summed E-state index contributed by atoms with van der Waals surface area (Å²) in [6.07, 6.45) is 6.28. The second kappa shape index (κ2) is 8.73. The van der Waals surface area contributed by atoms with Gasteiger partial charge in [-0.15, -0.1) is 11.3 Å². The molecule has 2 aromatic rings. The summed E-state index contributed by atoms with van der Waals surface area (Å²) >= 11 is 1.39. The highest BCUT2D eigenvalue weighted by atomic mass is 32.1. The molecule has 0 saturated carbocycles. The van der Waals surface area contributed by atoms with Crippen molar-refractivity contribution < 1.29 is 14.4 Å². The summed E-state index contributed by atoms with van der Waals surface area (Å²) in [7, 11) is 0. The summed E-state index contributed by atoms with van der Waals surface area (Å²) in [5.41, 5.74) is 0.965. The Bertz CT molecular complexity index is 871. The fourth-order valence-electron chi connectivity index (χ4n) is 4.11. The lowest BCUT2D eigenvalue weighted by Crippen LogP contribution is -2.52. The Balaban J connectivity index is 1.41. The third-order valence-corrected chi connectivity index (χ3v) is 6.44. The molecule has 2 aliphatic rings. The largest absolute Gasteiger partial charge is 0.350 e. The van der Waals surface area contributed by atoms with E-state index in [1.54, 1.807) is 28.3 Å². The summed E-state index contributed by atoms with van der Waals surface area (Å²) in [5.74, 6) is -0.329. The van der Waals surface area contributed by atoms with Gasteiger partial charge >= 0.3 is 0 Å². The Hall–Kier alpha value is -2.74. The number of rotatable bonds is 5. The molecule has 2 atom stereocenters. The lowest BCUT2D eigenvalue weighted by atomic mass is 10.1. The number of carbonyl (C=O) groups excluding carboxylic acids is 3. The van der Waals surface area contributed by atoms with E-state index < -0.39 is 12.1 Å². The summed E-state index contributed by atoms with van der Waals surface area (Å²) in [6, 6.07) is 6.39. The first-order valence-corrected chi connectivity index (χ1v) is 10.8. The van der Waals surface area contributed by atoms with Crippen LogP contribution in [0.25, 0.3) is 0 Å². The first-order valence-electron chi connectivity index (χ1n) is 9.96. The van der Waals surface area contributed by atoms with Crippen LogP contribution in [-0.2, 0) is 16.1 Å². The van der Waals surface area contributed by atoms with Gasteiger partial charge in [-0.3, -0.25) is 19.4 Å². The molecular formula is C21H24N4O3S. The number of hydrogen-bond acceptors (Lipinski definition) is 5. The van der Waals surface area contributed by atoms with Gasteiger partial charge in [0.25, 0.3) is 5.91 Å². The van der Waals surface area contributed by atoms with Crippen molar-refractivity contribution in [1.82, 2.24) is 20.1 Å². The molecule has 8 heteroatoms. The Labute approximate surface area is 173 Å². The zero-order chi connectivity index (χ0) is 20.2. The Morgan fingerprint density at radius 3 is 2.48 bits per heavy atom. The summed E-state index contributed by atoms with van der Waals surface area (Å²) in [5, 5.41) is 4.80. The Morgan fingerprint density at radius 2 is 1.76 bits per heavy atom. The van der Waals surface area contributed by atoms with E-state index in [1.165, 1.54) is 11.3 Å². The van der Waals surface area contributed by atoms with E-state index in [0.717, 1.165) is 18.4 Å². The van der Waals surface area contributed by atoms with Gasteiger partial charge in [-0.25, -0.2) is 0 Å². The number of thiophene rings is 1. The van der Waals surface area contributed by atoms with Crippen molar-refractivity contribution >= 4 is 29.1 Å². The van der Waals surface area contributed by atoms with Crippen molar-refractivity contribution in [3.05, 3.63) is 52.5 Å². The van der Waals surface area contributed by atoms with Crippen LogP contribution < -0.4 is 5.32 Å². The lowest BCUT2D eigenvalue weighted by Gasteiger charge is -2.30. The SMILES string of the molecule is O=C(NCc1ccncc1)[C@@H]1CCCN1C(=O)[C@@H]1CCCN1C(=O)c1cccs1. The first kappa shape index (κ1) is 19.6. The van der Waals surface area contributed by atoms with Gasteiger partial charge in [0.15, 0.2) is 0 Å². The second-order valence-electron chi connectivity index (χ2n) is 7.40. The van der Waals surface area contributed by atoms with Crippen molar-refractivity contribution in [1.29, 1.82) is 0 Å². The van der Waals surface area contributed by atoms with E-state index in [0.29, 0.717) is 37.4 Å². The number of nitrogens with zero attached hydrogens (tertiary/aromatic N) is 3. The molecule has 0 radical (unpaired) electrons. The second-order valence-corrected chi connectivity index (χ2v) is 8.34. The van der Waals surface area contributed by atoms with E-state index in [1.807, 2.05) is 23.6 Å². The highest BCUT2D eigenvalue weighted by molar-refractivity contribution is 7.12. The summed E-state index contributed by atoms with van der Waals surface area (Å²) in [6.45, 7) is 1.55. The third-order valence-electron chi connectivity index (χ3n) is 5.59. The molecule has 152 valence electrons. The molecule has 29 heavy (non-hydrogen) atoms. The average Bonchev–Trinajstić information content (AvgIpc) is 3.52. The minimum Gasteiger partial charge on any atom is -0.350 e. The maximum Gasteiger partial charge on any atom is 0.264 e. The Morgan fingerprint density at radius 1 is 1.03 bits per heavy atom. The van der Waals surface area contributed by atoms with Crippen LogP contribution >= 0.6 is 11.3 Å². The van der Waals surface area contributed by atoms with Gasteiger partial charge in [0.1, 0.15) is 12.1 Å². The number of amides is 3. The van der Waals surface area contributed by atoms with Gasteiger partial charge in [0.05, 0.1) is 4.88 Å². The number of nitrogens with one attached hydrogen (secondary N) is 1. The predicted molar refractivity (Wildman–Crippen MR) is 109 cm³/mol. The molecule has 0 spiro atoms. The highest BCUT2D eigenvalue weighted by Gasteiger charge is 2.42. The van der Waals surface area contributed by atoms with E-state index in [4.69, 9.17) is 0 Å². The molecule has 0 bridgehead atoms. The van der Waals surface area contributed by atoms with Crippen LogP contribution in [0.2, 0.25) is 0 Å². The molecule has 2 aliphatic heterocycles. The fraction of sp³-hybridized carbons (Fsp3) is 0.429. The third kappa shape index (κ3) is 4.17. The van der Waals surface area contributed by atoms with Crippen LogP contribution in [0.5, 0.6) is 0 Å². The number of aromatic nitrogens is 1. The van der Waals surface area contributed by atoms with E-state index in [2.05, 4.69) is 10.3 Å². The normalized spacial score (nSPS) is 21.4. The average molecular weight is 413 g/mol. The van der Waals surface area contributed by atoms with Crippen molar-refractivity contribution in [3.63, 3.8) is 0 Å². The molecule has 1 N–H and O–H groups in total. The molecule has 0 unspecified atom stereocenters. The molecule has 2 aromatic heterocycles. The standard InChI is InChI=1S/C21H24N4O3S/c26-19(23-14-15-7-9-22-10-8-15)16-4-1-11-24(16)20(27)17-5-2-12-25(17)21(28)18-6-3-13-29-18/h3,6-10,13,16-17H,1-2,4-5,11-12,14H2,(H,23,26)/t16-,17-/m0/s1. The van der Waals surface area contributed by atoms with Crippen molar-refractivity contribution in [2.75, 3.05) is 13.1 Å². The van der Waals surface area contributed by atoms with Crippen LogP contribution in [0.3, 0.4) is 0 Å². The van der Waals surface area contributed by atoms with Crippen LogP contribution in [0, 0.1) is 0 Å². The fourth-order valence-corrected chi connectivity index (χ4v) is 4.79. The van der Waals surface area contributed by atoms with Crippen molar-refractivity contribution in [3.8, 4) is 0 Å². The molecule has 4 heterocycles. The van der Waals surface area contributed by atoms with Crippen LogP contribution in [-0.4, -0.2) is 57.7 Å². The van der Waals surface area contributed by atoms with Crippen LogP contribution in [0.1, 0.15) is 40.9 Å². The molecule has 4 rings (SSSR count). The predicted octanol–water partition coefficient (Wildman–Crippen LogP) is 2.06. The van der Waals surface area contributed by atoms with Gasteiger partial charge < -0.3 is 15.1 Å². The zero-order valence-electron chi connectivity index (χ0n) is 16.1. The van der Waals surface area contributed by atoms with Crippen LogP contribution in [0.4, 0.5) is 0 Å². The Kier molecular flexibility index (Phi) is 5.89. The minimum atomic E-state index is -0.474. The highest BCUT2D eigenvalue weighted by Crippen LogP contribution is 2.27. The van der Waals surface area contributed by atoms with Gasteiger partial charge in [-0.05, 0) is 54.8 Å². The maximum absolute atomic E-state index is 13.3. The number of pyridine rings is 1. The van der Waals surface area contributed by atoms with Gasteiger partial charge in [-0.2, -0.15) is 0 Å². The lowest BCUT2D eigenvalue weighted by molar-refractivity contribution is -0.141. The molecule has 0 aromatic carbocycles. The topological polar surface area (TPSA) is 82.6 Å². The summed E-state index contributed by atoms with van der Waals surface area (Å²) in [4.78, 5) is 46.8. The van der Waals surface area contributed by atoms with Crippen molar-refractivity contribution in [2.45, 2.75) is 44.3 Å². The number of carbonyl (C=O) groups is 3. The summed E-state index contributed by atoms with van der Waals surface area (Å²) < 4.78 is 0. The molecule has 2 fully saturated rings. The van der Waals surface area contributed by atoms with E-state index >= 15 is 0 Å². The smallest absolute Gasteiger partial charge is 0.264 e. The quantitative estimate of drug-likeness (QED) is 0.815. The molecule has 2 saturated heterocycles. The first-order chi connectivity index (χ1) is 14.1. The number of likely N-dealkylation sites (tertiary alicyclic amines) is 2. The van der Waals surface area contributed by atoms with E-state index in [-0.39, 0.29) is 17.7 Å². The number of hydrogen-bond donors (Lipinski definition) is 1. The van der Waals surface area contributed by atoms with Gasteiger partial charge in [0, 0.05) is 32.0 Å². The van der Waals surface area contributed by atoms with E-state index in [9.17, 15) is 14.4 Å². The van der Waals surface area contributed by atoms with Gasteiger partial charge in [0.2, 0.25) is 11.8 Å². The monoisotopic (exact) mass is 412 g/mol. The van der Waals surface area contributed by atoms with Gasteiger partial charge in [-0.1, -0.05) is 6.07 Å². The minimum absolute atomic E-state index is 0.0891. The molecule has 3 amide bonds. The molecular weight excluding hydrogens is 388 g/mol. The van der Waals surface area contributed by atoms with Crippen LogP contribution in [0.15, 0.2) is 42.0 Å². The molecule has 0 aliphatic carbocycles. The molecule has 7 nitrogen and oxygen atoms in total. The zero-order valence-corrected chi connectivity index (χ0v) is 16.9. The van der Waals surface area contributed by atoms with Crippen molar-refractivity contribution in [2.24, 2.45) is 0 Å².